The predicted molar refractivity (Wildman–Crippen MR) is 69.0 cm³/mol. The van der Waals surface area contributed by atoms with Gasteiger partial charge in [-0.3, -0.25) is 0 Å². The quantitative estimate of drug-likeness (QED) is 0.817. The van der Waals surface area contributed by atoms with Crippen LogP contribution in [0, 0.1) is 0 Å². The van der Waals surface area contributed by atoms with E-state index in [9.17, 15) is 8.42 Å². The van der Waals surface area contributed by atoms with Crippen LogP contribution in [0.2, 0.25) is 0 Å². The Kier molecular flexibility index (Phi) is 4.04. The maximum Gasteiger partial charge on any atom is 0.262 e. The molecule has 1 fully saturated rings. The molecule has 1 aromatic rings. The second-order valence-corrected chi connectivity index (χ2v) is 6.12. The highest BCUT2D eigenvalue weighted by Crippen LogP contribution is 2.25. The smallest absolute Gasteiger partial charge is 0.262 e. The highest BCUT2D eigenvalue weighted by atomic mass is 32.2. The molecule has 1 aromatic heterocycles. The van der Waals surface area contributed by atoms with Crippen LogP contribution < -0.4 is 5.73 Å². The van der Waals surface area contributed by atoms with Crippen molar-refractivity contribution in [2.75, 3.05) is 33.0 Å². The first-order valence-corrected chi connectivity index (χ1v) is 7.21. The molecular weight excluding hydrogens is 270 g/mol. The van der Waals surface area contributed by atoms with E-state index in [-0.39, 0.29) is 36.0 Å². The topological polar surface area (TPSA) is 94.8 Å². The number of nitrogens with two attached hydrogens (primary N) is 1. The SMILES string of the molecule is COC1CN(S(=O)(=O)c2ncccc2N)CC1OC. The molecule has 0 aromatic carbocycles. The van der Waals surface area contributed by atoms with E-state index < -0.39 is 10.0 Å². The highest BCUT2D eigenvalue weighted by Gasteiger charge is 2.40. The summed E-state index contributed by atoms with van der Waals surface area (Å²) in [6.07, 6.45) is 0.829. The number of pyridine rings is 1. The Hall–Kier alpha value is -1.22. The number of sulfonamides is 1. The van der Waals surface area contributed by atoms with Crippen molar-refractivity contribution in [2.45, 2.75) is 17.2 Å². The van der Waals surface area contributed by atoms with E-state index in [0.717, 1.165) is 0 Å². The maximum absolute atomic E-state index is 12.5. The summed E-state index contributed by atoms with van der Waals surface area (Å²) in [6, 6.07) is 3.10. The number of ether oxygens (including phenoxy) is 2. The molecule has 2 heterocycles. The molecule has 0 aliphatic carbocycles. The van der Waals surface area contributed by atoms with Gasteiger partial charge in [-0.15, -0.1) is 0 Å². The molecule has 1 aliphatic heterocycles. The monoisotopic (exact) mass is 287 g/mol. The largest absolute Gasteiger partial charge is 0.396 e. The second-order valence-electron chi connectivity index (χ2n) is 4.27. The van der Waals surface area contributed by atoms with E-state index in [0.29, 0.717) is 0 Å². The van der Waals surface area contributed by atoms with E-state index in [1.54, 1.807) is 6.07 Å². The van der Waals surface area contributed by atoms with Gasteiger partial charge in [-0.1, -0.05) is 0 Å². The van der Waals surface area contributed by atoms with Crippen LogP contribution in [0.5, 0.6) is 0 Å². The molecule has 2 unspecified atom stereocenters. The number of nitrogens with zero attached hydrogens (tertiary/aromatic N) is 2. The summed E-state index contributed by atoms with van der Waals surface area (Å²) < 4.78 is 36.6. The maximum atomic E-state index is 12.5. The summed E-state index contributed by atoms with van der Waals surface area (Å²) in [5, 5.41) is -0.124. The Balaban J connectivity index is 2.30. The molecule has 19 heavy (non-hydrogen) atoms. The fourth-order valence-electron chi connectivity index (χ4n) is 2.10. The standard InChI is InChI=1S/C11H17N3O4S/c1-17-9-6-14(7-10(9)18-2)19(15,16)11-8(12)4-3-5-13-11/h3-5,9-10H,6-7,12H2,1-2H3. The Morgan fingerprint density at radius 3 is 2.37 bits per heavy atom. The van der Waals surface area contributed by atoms with Crippen LogP contribution in [0.15, 0.2) is 23.4 Å². The lowest BCUT2D eigenvalue weighted by molar-refractivity contribution is -0.00461. The molecule has 2 rings (SSSR count). The minimum absolute atomic E-state index is 0.124. The van der Waals surface area contributed by atoms with Crippen LogP contribution in [-0.4, -0.2) is 57.2 Å². The van der Waals surface area contributed by atoms with Gasteiger partial charge in [0.2, 0.25) is 0 Å². The number of methoxy groups -OCH3 is 2. The molecule has 2 atom stereocenters. The number of aromatic nitrogens is 1. The third-order valence-electron chi connectivity index (χ3n) is 3.17. The summed E-state index contributed by atoms with van der Waals surface area (Å²) in [5.41, 5.74) is 5.81. The van der Waals surface area contributed by atoms with Gasteiger partial charge in [-0.25, -0.2) is 13.4 Å². The van der Waals surface area contributed by atoms with Crippen LogP contribution in [0.4, 0.5) is 5.69 Å². The first-order chi connectivity index (χ1) is 9.00. The van der Waals surface area contributed by atoms with Crippen LogP contribution in [0.25, 0.3) is 0 Å². The van der Waals surface area contributed by atoms with Gasteiger partial charge in [-0.2, -0.15) is 4.31 Å². The van der Waals surface area contributed by atoms with Gasteiger partial charge in [0.15, 0.2) is 5.03 Å². The third kappa shape index (κ3) is 2.57. The number of anilines is 1. The van der Waals surface area contributed by atoms with E-state index in [4.69, 9.17) is 15.2 Å². The molecule has 0 radical (unpaired) electrons. The van der Waals surface area contributed by atoms with Gasteiger partial charge in [0.25, 0.3) is 10.0 Å². The molecule has 0 bridgehead atoms. The normalized spacial score (nSPS) is 24.7. The van der Waals surface area contributed by atoms with Crippen LogP contribution in [-0.2, 0) is 19.5 Å². The van der Waals surface area contributed by atoms with Crippen molar-refractivity contribution < 1.29 is 17.9 Å². The fourth-order valence-corrected chi connectivity index (χ4v) is 3.59. The Morgan fingerprint density at radius 1 is 1.32 bits per heavy atom. The Bertz CT molecular complexity index is 537. The van der Waals surface area contributed by atoms with Crippen molar-refractivity contribution in [1.82, 2.24) is 9.29 Å². The first-order valence-electron chi connectivity index (χ1n) is 5.77. The van der Waals surface area contributed by atoms with E-state index in [1.165, 1.54) is 30.8 Å². The lowest BCUT2D eigenvalue weighted by atomic mass is 10.3. The van der Waals surface area contributed by atoms with Gasteiger partial charge < -0.3 is 15.2 Å². The lowest BCUT2D eigenvalue weighted by Gasteiger charge is -2.16. The second kappa shape index (κ2) is 5.41. The average Bonchev–Trinajstić information content (AvgIpc) is 2.83. The molecule has 1 aliphatic rings. The minimum Gasteiger partial charge on any atom is -0.396 e. The number of hydrogen-bond donors (Lipinski definition) is 1. The van der Waals surface area contributed by atoms with Gasteiger partial charge in [0, 0.05) is 33.5 Å². The average molecular weight is 287 g/mol. The summed E-state index contributed by atoms with van der Waals surface area (Å²) in [6.45, 7) is 0.459. The highest BCUT2D eigenvalue weighted by molar-refractivity contribution is 7.89. The van der Waals surface area contributed by atoms with Crippen molar-refractivity contribution in [1.29, 1.82) is 0 Å². The number of nitrogen functional groups attached to an aromatic ring is 1. The molecule has 106 valence electrons. The van der Waals surface area contributed by atoms with E-state index in [2.05, 4.69) is 4.98 Å². The van der Waals surface area contributed by atoms with Gasteiger partial charge in [-0.05, 0) is 12.1 Å². The predicted octanol–water partition coefficient (Wildman–Crippen LogP) is -0.302. The fraction of sp³-hybridized carbons (Fsp3) is 0.545. The summed E-state index contributed by atoms with van der Waals surface area (Å²) in [7, 11) is -0.659. The number of hydrogen-bond acceptors (Lipinski definition) is 6. The number of rotatable bonds is 4. The summed E-state index contributed by atoms with van der Waals surface area (Å²) in [4.78, 5) is 3.86. The van der Waals surface area contributed by atoms with Crippen molar-refractivity contribution in [2.24, 2.45) is 0 Å². The zero-order chi connectivity index (χ0) is 14.0. The zero-order valence-electron chi connectivity index (χ0n) is 10.8. The van der Waals surface area contributed by atoms with Crippen molar-refractivity contribution >= 4 is 15.7 Å². The first kappa shape index (κ1) is 14.2. The molecule has 7 nitrogen and oxygen atoms in total. The molecule has 8 heteroatoms. The van der Waals surface area contributed by atoms with Crippen LogP contribution in [0.3, 0.4) is 0 Å². The lowest BCUT2D eigenvalue weighted by Crippen LogP contribution is -2.31. The summed E-state index contributed by atoms with van der Waals surface area (Å²) in [5.74, 6) is 0. The van der Waals surface area contributed by atoms with Gasteiger partial charge in [0.05, 0.1) is 17.9 Å². The molecular formula is C11H17N3O4S. The van der Waals surface area contributed by atoms with Gasteiger partial charge in [0.1, 0.15) is 0 Å². The molecule has 0 spiro atoms. The van der Waals surface area contributed by atoms with Crippen molar-refractivity contribution in [3.8, 4) is 0 Å². The zero-order valence-corrected chi connectivity index (χ0v) is 11.6. The molecule has 0 saturated carbocycles. The van der Waals surface area contributed by atoms with E-state index in [1.807, 2.05) is 0 Å². The molecule has 1 saturated heterocycles. The van der Waals surface area contributed by atoms with Crippen LogP contribution >= 0.6 is 0 Å². The van der Waals surface area contributed by atoms with Crippen molar-refractivity contribution in [3.63, 3.8) is 0 Å². The third-order valence-corrected chi connectivity index (χ3v) is 4.98. The van der Waals surface area contributed by atoms with Gasteiger partial charge >= 0.3 is 0 Å². The van der Waals surface area contributed by atoms with Crippen LogP contribution in [0.1, 0.15) is 0 Å². The van der Waals surface area contributed by atoms with E-state index >= 15 is 0 Å². The Labute approximate surface area is 112 Å². The molecule has 0 amide bonds. The summed E-state index contributed by atoms with van der Waals surface area (Å²) >= 11 is 0. The minimum atomic E-state index is -3.72. The molecule has 2 N–H and O–H groups in total. The van der Waals surface area contributed by atoms with Crippen molar-refractivity contribution in [3.05, 3.63) is 18.3 Å². The Morgan fingerprint density at radius 2 is 1.89 bits per heavy atom.